The average Bonchev–Trinajstić information content (AvgIpc) is 2.66. The first-order valence-corrected chi connectivity index (χ1v) is 9.60. The van der Waals surface area contributed by atoms with Crippen LogP contribution in [0.15, 0.2) is 36.4 Å². The van der Waals surface area contributed by atoms with Crippen molar-refractivity contribution in [2.45, 2.75) is 58.8 Å². The van der Waals surface area contributed by atoms with Crippen LogP contribution in [-0.4, -0.2) is 13.1 Å². The van der Waals surface area contributed by atoms with Gasteiger partial charge < -0.3 is 10.1 Å². The van der Waals surface area contributed by atoms with Crippen molar-refractivity contribution in [1.82, 2.24) is 0 Å². The van der Waals surface area contributed by atoms with Crippen LogP contribution >= 0.6 is 0 Å². The predicted molar refractivity (Wildman–Crippen MR) is 109 cm³/mol. The van der Waals surface area contributed by atoms with E-state index in [-0.39, 0.29) is 11.0 Å². The Balaban J connectivity index is 2.31. The standard InChI is InChI=1S/C23H30FNO2/c1-6-8-13-23(3,4)20-14-17(10-9-16(20)7-2)25-18-11-12-19(21(24)15-18)22(26)27-5/h9-12,14-15,25H,6-8,13H2,1-5H3. The van der Waals surface area contributed by atoms with Gasteiger partial charge >= 0.3 is 5.97 Å². The Morgan fingerprint density at radius 2 is 1.78 bits per heavy atom. The molecule has 0 spiro atoms. The summed E-state index contributed by atoms with van der Waals surface area (Å²) in [7, 11) is 1.24. The highest BCUT2D eigenvalue weighted by Gasteiger charge is 2.23. The van der Waals surface area contributed by atoms with Crippen LogP contribution in [0.1, 0.15) is 68.4 Å². The number of halogens is 1. The minimum atomic E-state index is -0.675. The molecular formula is C23H30FNO2. The summed E-state index contributed by atoms with van der Waals surface area (Å²) in [6.07, 6.45) is 4.47. The summed E-state index contributed by atoms with van der Waals surface area (Å²) < 4.78 is 18.8. The van der Waals surface area contributed by atoms with Gasteiger partial charge in [-0.25, -0.2) is 9.18 Å². The lowest BCUT2D eigenvalue weighted by atomic mass is 9.77. The van der Waals surface area contributed by atoms with Gasteiger partial charge in [0, 0.05) is 11.4 Å². The third kappa shape index (κ3) is 5.09. The molecule has 0 unspecified atom stereocenters. The molecule has 0 atom stereocenters. The maximum absolute atomic E-state index is 14.2. The quantitative estimate of drug-likeness (QED) is 0.547. The fourth-order valence-electron chi connectivity index (χ4n) is 3.38. The molecule has 0 amide bonds. The maximum Gasteiger partial charge on any atom is 0.340 e. The van der Waals surface area contributed by atoms with Gasteiger partial charge in [0.1, 0.15) is 5.82 Å². The van der Waals surface area contributed by atoms with E-state index >= 15 is 0 Å². The van der Waals surface area contributed by atoms with Gasteiger partial charge in [-0.15, -0.1) is 0 Å². The van der Waals surface area contributed by atoms with Crippen molar-refractivity contribution in [2.75, 3.05) is 12.4 Å². The summed E-state index contributed by atoms with van der Waals surface area (Å²) in [5.74, 6) is -1.27. The SMILES string of the molecule is CCCCC(C)(C)c1cc(Nc2ccc(C(=O)OC)c(F)c2)ccc1CC. The van der Waals surface area contributed by atoms with Crippen molar-refractivity contribution in [3.63, 3.8) is 0 Å². The van der Waals surface area contributed by atoms with Crippen LogP contribution in [0.25, 0.3) is 0 Å². The molecule has 0 aliphatic rings. The summed E-state index contributed by atoms with van der Waals surface area (Å²) in [5.41, 5.74) is 4.20. The van der Waals surface area contributed by atoms with E-state index in [4.69, 9.17) is 0 Å². The van der Waals surface area contributed by atoms with Gasteiger partial charge in [0.15, 0.2) is 0 Å². The number of esters is 1. The van der Waals surface area contributed by atoms with Gasteiger partial charge in [0.25, 0.3) is 0 Å². The molecule has 0 heterocycles. The minimum Gasteiger partial charge on any atom is -0.465 e. The average molecular weight is 371 g/mol. The van der Waals surface area contributed by atoms with E-state index in [0.717, 1.165) is 18.5 Å². The Labute approximate surface area is 161 Å². The van der Waals surface area contributed by atoms with E-state index in [1.807, 2.05) is 6.07 Å². The van der Waals surface area contributed by atoms with Crippen molar-refractivity contribution in [3.8, 4) is 0 Å². The first-order chi connectivity index (χ1) is 12.8. The fourth-order valence-corrected chi connectivity index (χ4v) is 3.38. The Kier molecular flexibility index (Phi) is 7.00. The van der Waals surface area contributed by atoms with Crippen LogP contribution in [0.2, 0.25) is 0 Å². The number of benzene rings is 2. The third-order valence-electron chi connectivity index (χ3n) is 5.04. The smallest absolute Gasteiger partial charge is 0.340 e. The van der Waals surface area contributed by atoms with Gasteiger partial charge in [0.05, 0.1) is 12.7 Å². The largest absolute Gasteiger partial charge is 0.465 e. The second-order valence-corrected chi connectivity index (χ2v) is 7.52. The van der Waals surface area contributed by atoms with Gasteiger partial charge in [-0.1, -0.05) is 46.6 Å². The summed E-state index contributed by atoms with van der Waals surface area (Å²) in [4.78, 5) is 11.5. The zero-order valence-corrected chi connectivity index (χ0v) is 17.0. The Bertz CT molecular complexity index is 799. The second kappa shape index (κ2) is 9.03. The number of nitrogens with one attached hydrogen (secondary N) is 1. The summed E-state index contributed by atoms with van der Waals surface area (Å²) >= 11 is 0. The van der Waals surface area contributed by atoms with Crippen LogP contribution in [0, 0.1) is 5.82 Å². The lowest BCUT2D eigenvalue weighted by molar-refractivity contribution is 0.0595. The Hall–Kier alpha value is -2.36. The van der Waals surface area contributed by atoms with Crippen LogP contribution < -0.4 is 5.32 Å². The van der Waals surface area contributed by atoms with Crippen LogP contribution in [0.3, 0.4) is 0 Å². The van der Waals surface area contributed by atoms with E-state index in [1.165, 1.54) is 43.2 Å². The number of ether oxygens (including phenoxy) is 1. The molecule has 0 aliphatic carbocycles. The number of carbonyl (C=O) groups excluding carboxylic acids is 1. The molecule has 0 saturated carbocycles. The Morgan fingerprint density at radius 3 is 2.37 bits per heavy atom. The van der Waals surface area contributed by atoms with E-state index in [1.54, 1.807) is 6.07 Å². The summed E-state index contributed by atoms with van der Waals surface area (Å²) in [5, 5.41) is 3.26. The summed E-state index contributed by atoms with van der Waals surface area (Å²) in [6.45, 7) is 8.95. The van der Waals surface area contributed by atoms with Crippen molar-refractivity contribution >= 4 is 17.3 Å². The number of hydrogen-bond acceptors (Lipinski definition) is 3. The molecule has 146 valence electrons. The first kappa shape index (κ1) is 20.9. The monoisotopic (exact) mass is 371 g/mol. The number of rotatable bonds is 8. The maximum atomic E-state index is 14.2. The lowest BCUT2D eigenvalue weighted by Crippen LogP contribution is -2.19. The third-order valence-corrected chi connectivity index (χ3v) is 5.04. The van der Waals surface area contributed by atoms with E-state index in [9.17, 15) is 9.18 Å². The van der Waals surface area contributed by atoms with Crippen molar-refractivity contribution in [1.29, 1.82) is 0 Å². The molecule has 0 radical (unpaired) electrons. The van der Waals surface area contributed by atoms with E-state index in [2.05, 4.69) is 49.9 Å². The fraction of sp³-hybridized carbons (Fsp3) is 0.435. The molecule has 0 fully saturated rings. The normalized spacial score (nSPS) is 11.3. The number of hydrogen-bond donors (Lipinski definition) is 1. The highest BCUT2D eigenvalue weighted by atomic mass is 19.1. The highest BCUT2D eigenvalue weighted by Crippen LogP contribution is 2.34. The molecule has 27 heavy (non-hydrogen) atoms. The van der Waals surface area contributed by atoms with Crippen molar-refractivity contribution < 1.29 is 13.9 Å². The second-order valence-electron chi connectivity index (χ2n) is 7.52. The molecule has 3 nitrogen and oxygen atoms in total. The molecule has 2 aromatic rings. The molecule has 4 heteroatoms. The molecular weight excluding hydrogens is 341 g/mol. The Morgan fingerprint density at radius 1 is 1.11 bits per heavy atom. The number of carbonyl (C=O) groups is 1. The van der Waals surface area contributed by atoms with Crippen molar-refractivity contribution in [3.05, 3.63) is 58.9 Å². The number of unbranched alkanes of at least 4 members (excludes halogenated alkanes) is 1. The zero-order valence-electron chi connectivity index (χ0n) is 17.0. The van der Waals surface area contributed by atoms with Gasteiger partial charge in [-0.3, -0.25) is 0 Å². The van der Waals surface area contributed by atoms with Gasteiger partial charge in [0.2, 0.25) is 0 Å². The number of methoxy groups -OCH3 is 1. The van der Waals surface area contributed by atoms with Gasteiger partial charge in [-0.2, -0.15) is 0 Å². The molecule has 0 saturated heterocycles. The number of aryl methyl sites for hydroxylation is 1. The zero-order chi connectivity index (χ0) is 20.0. The molecule has 2 rings (SSSR count). The van der Waals surface area contributed by atoms with Gasteiger partial charge in [-0.05, 0) is 59.7 Å². The van der Waals surface area contributed by atoms with Crippen LogP contribution in [0.5, 0.6) is 0 Å². The first-order valence-electron chi connectivity index (χ1n) is 9.60. The predicted octanol–water partition coefficient (Wildman–Crippen LogP) is 6.39. The number of anilines is 2. The van der Waals surface area contributed by atoms with E-state index in [0.29, 0.717) is 5.69 Å². The lowest BCUT2D eigenvalue weighted by Gasteiger charge is -2.28. The molecule has 0 bridgehead atoms. The molecule has 1 N–H and O–H groups in total. The molecule has 0 aliphatic heterocycles. The molecule has 2 aromatic carbocycles. The summed E-state index contributed by atoms with van der Waals surface area (Å²) in [6, 6.07) is 10.8. The van der Waals surface area contributed by atoms with Crippen LogP contribution in [-0.2, 0) is 16.6 Å². The topological polar surface area (TPSA) is 38.3 Å². The minimum absolute atomic E-state index is 0.0641. The van der Waals surface area contributed by atoms with E-state index < -0.39 is 11.8 Å². The highest BCUT2D eigenvalue weighted by molar-refractivity contribution is 5.90. The van der Waals surface area contributed by atoms with Crippen LogP contribution in [0.4, 0.5) is 15.8 Å². The molecule has 0 aromatic heterocycles. The van der Waals surface area contributed by atoms with Crippen molar-refractivity contribution in [2.24, 2.45) is 0 Å².